The number of aromatic hydroxyl groups is 1. The highest BCUT2D eigenvalue weighted by Gasteiger charge is 2.30. The molecule has 1 aromatic rings. The second-order valence-electron chi connectivity index (χ2n) is 5.46. The number of methoxy groups -OCH3 is 1. The molecule has 0 fully saturated rings. The Kier molecular flexibility index (Phi) is 5.97. The standard InChI is InChI=1S/C17H17BrN2O3S/c1-9(2)8-24-17-12(7-19)11(6-15(21)20-17)10-4-13(18)16(22)14(5-10)23-3/h4-5,11,22H,1,6,8H2,2-3H3,(H,20,21)/t11-/m0/s1. The number of hydrogen-bond donors (Lipinski definition) is 2. The number of carbonyl (C=O) groups is 1. The van der Waals surface area contributed by atoms with E-state index in [-0.39, 0.29) is 24.0 Å². The van der Waals surface area contributed by atoms with E-state index in [1.807, 2.05) is 6.92 Å². The fraction of sp³-hybridized carbons (Fsp3) is 0.294. The summed E-state index contributed by atoms with van der Waals surface area (Å²) < 4.78 is 5.62. The third-order valence-corrected chi connectivity index (χ3v) is 5.34. The maximum Gasteiger partial charge on any atom is 0.225 e. The Hall–Kier alpha value is -1.91. The van der Waals surface area contributed by atoms with Gasteiger partial charge in [0.15, 0.2) is 11.5 Å². The van der Waals surface area contributed by atoms with Crippen LogP contribution in [0.3, 0.4) is 0 Å². The number of halogens is 1. The molecule has 1 amide bonds. The fourth-order valence-electron chi connectivity index (χ4n) is 2.36. The quantitative estimate of drug-likeness (QED) is 0.723. The Morgan fingerprint density at radius 2 is 2.33 bits per heavy atom. The molecule has 5 nitrogen and oxygen atoms in total. The number of rotatable bonds is 5. The van der Waals surface area contributed by atoms with Gasteiger partial charge in [-0.1, -0.05) is 12.2 Å². The lowest BCUT2D eigenvalue weighted by molar-refractivity contribution is -0.120. The average molecular weight is 409 g/mol. The molecule has 24 heavy (non-hydrogen) atoms. The highest BCUT2D eigenvalue weighted by molar-refractivity contribution is 9.10. The summed E-state index contributed by atoms with van der Waals surface area (Å²) in [5.41, 5.74) is 2.19. The lowest BCUT2D eigenvalue weighted by Crippen LogP contribution is -2.31. The van der Waals surface area contributed by atoms with Crippen molar-refractivity contribution in [1.29, 1.82) is 5.26 Å². The van der Waals surface area contributed by atoms with Gasteiger partial charge in [0.1, 0.15) is 0 Å². The molecule has 0 spiro atoms. The molecule has 2 N–H and O–H groups in total. The van der Waals surface area contributed by atoms with Crippen molar-refractivity contribution in [3.63, 3.8) is 0 Å². The van der Waals surface area contributed by atoms with E-state index < -0.39 is 0 Å². The summed E-state index contributed by atoms with van der Waals surface area (Å²) in [6.45, 7) is 5.73. The first-order chi connectivity index (χ1) is 11.4. The van der Waals surface area contributed by atoms with Crippen molar-refractivity contribution in [2.45, 2.75) is 19.3 Å². The molecule has 1 aliphatic heterocycles. The van der Waals surface area contributed by atoms with E-state index >= 15 is 0 Å². The summed E-state index contributed by atoms with van der Waals surface area (Å²) in [6, 6.07) is 5.58. The first-order valence-corrected chi connectivity index (χ1v) is 8.93. The zero-order valence-electron chi connectivity index (χ0n) is 13.4. The van der Waals surface area contributed by atoms with Gasteiger partial charge in [-0.25, -0.2) is 0 Å². The lowest BCUT2D eigenvalue weighted by Gasteiger charge is -2.25. The van der Waals surface area contributed by atoms with Crippen LogP contribution in [0.1, 0.15) is 24.8 Å². The van der Waals surface area contributed by atoms with Crippen LogP contribution >= 0.6 is 27.7 Å². The fourth-order valence-corrected chi connectivity index (χ4v) is 3.74. The SMILES string of the molecule is C=C(C)CSC1=C(C#N)[C@H](c2cc(Br)c(O)c(OC)c2)CC(=O)N1. The predicted octanol–water partition coefficient (Wildman–Crippen LogP) is 3.81. The maximum atomic E-state index is 12.1. The molecule has 1 aromatic carbocycles. The van der Waals surface area contributed by atoms with Crippen molar-refractivity contribution in [3.05, 3.63) is 44.9 Å². The Morgan fingerprint density at radius 1 is 1.62 bits per heavy atom. The Balaban J connectivity index is 2.49. The number of nitrogens with one attached hydrogen (secondary N) is 1. The van der Waals surface area contributed by atoms with E-state index in [1.54, 1.807) is 12.1 Å². The van der Waals surface area contributed by atoms with Crippen LogP contribution in [0.4, 0.5) is 0 Å². The molecule has 0 saturated heterocycles. The van der Waals surface area contributed by atoms with E-state index in [1.165, 1.54) is 18.9 Å². The number of amides is 1. The Morgan fingerprint density at radius 3 is 2.92 bits per heavy atom. The predicted molar refractivity (Wildman–Crippen MR) is 97.8 cm³/mol. The van der Waals surface area contributed by atoms with Crippen LogP contribution in [0.2, 0.25) is 0 Å². The molecule has 126 valence electrons. The summed E-state index contributed by atoms with van der Waals surface area (Å²) >= 11 is 4.67. The Bertz CT molecular complexity index is 768. The molecule has 0 unspecified atom stereocenters. The van der Waals surface area contributed by atoms with E-state index in [0.717, 1.165) is 11.1 Å². The molecule has 0 aliphatic carbocycles. The summed E-state index contributed by atoms with van der Waals surface area (Å²) in [5.74, 6) is 0.365. The van der Waals surface area contributed by atoms with Crippen LogP contribution in [0.25, 0.3) is 0 Å². The molecule has 7 heteroatoms. The summed E-state index contributed by atoms with van der Waals surface area (Å²) in [7, 11) is 1.45. The van der Waals surface area contributed by atoms with Gasteiger partial charge in [0.25, 0.3) is 0 Å². The van der Waals surface area contributed by atoms with Crippen LogP contribution in [-0.2, 0) is 4.79 Å². The number of nitrogens with zero attached hydrogens (tertiary/aromatic N) is 1. The molecule has 0 saturated carbocycles. The zero-order chi connectivity index (χ0) is 17.9. The highest BCUT2D eigenvalue weighted by atomic mass is 79.9. The number of hydrogen-bond acceptors (Lipinski definition) is 5. The monoisotopic (exact) mass is 408 g/mol. The van der Waals surface area contributed by atoms with Crippen LogP contribution in [0.15, 0.2) is 39.4 Å². The van der Waals surface area contributed by atoms with Crippen LogP contribution in [-0.4, -0.2) is 23.9 Å². The minimum Gasteiger partial charge on any atom is -0.503 e. The van der Waals surface area contributed by atoms with Gasteiger partial charge in [0.2, 0.25) is 5.91 Å². The number of thioether (sulfide) groups is 1. The number of carbonyl (C=O) groups excluding carboxylic acids is 1. The minimum absolute atomic E-state index is 0.0131. The first kappa shape index (κ1) is 18.4. The van der Waals surface area contributed by atoms with Gasteiger partial charge in [-0.3, -0.25) is 4.79 Å². The molecular weight excluding hydrogens is 392 g/mol. The normalized spacial score (nSPS) is 17.2. The molecule has 0 aromatic heterocycles. The van der Waals surface area contributed by atoms with Crippen molar-refractivity contribution in [2.24, 2.45) is 0 Å². The van der Waals surface area contributed by atoms with E-state index in [0.29, 0.717) is 26.6 Å². The minimum atomic E-state index is -0.387. The van der Waals surface area contributed by atoms with E-state index in [2.05, 4.69) is 33.9 Å². The number of benzene rings is 1. The van der Waals surface area contributed by atoms with Gasteiger partial charge < -0.3 is 15.2 Å². The van der Waals surface area contributed by atoms with Crippen molar-refractivity contribution in [3.8, 4) is 17.6 Å². The number of ether oxygens (including phenoxy) is 1. The van der Waals surface area contributed by atoms with Crippen molar-refractivity contribution < 1.29 is 14.6 Å². The van der Waals surface area contributed by atoms with Gasteiger partial charge in [-0.15, -0.1) is 11.8 Å². The third kappa shape index (κ3) is 3.94. The molecule has 2 rings (SSSR count). The number of allylic oxidation sites excluding steroid dienone is 1. The molecule has 1 atom stereocenters. The number of phenols is 1. The van der Waals surface area contributed by atoms with Gasteiger partial charge in [0, 0.05) is 18.1 Å². The van der Waals surface area contributed by atoms with Crippen molar-refractivity contribution in [1.82, 2.24) is 5.32 Å². The lowest BCUT2D eigenvalue weighted by atomic mass is 9.87. The molecule has 1 heterocycles. The van der Waals surface area contributed by atoms with E-state index in [9.17, 15) is 15.2 Å². The first-order valence-electron chi connectivity index (χ1n) is 7.15. The van der Waals surface area contributed by atoms with Crippen molar-refractivity contribution in [2.75, 3.05) is 12.9 Å². The zero-order valence-corrected chi connectivity index (χ0v) is 15.8. The average Bonchev–Trinajstić information content (AvgIpc) is 2.54. The summed E-state index contributed by atoms with van der Waals surface area (Å²) in [5, 5.41) is 22.9. The van der Waals surface area contributed by atoms with Gasteiger partial charge in [-0.2, -0.15) is 5.26 Å². The smallest absolute Gasteiger partial charge is 0.225 e. The number of nitriles is 1. The van der Waals surface area contributed by atoms with Crippen LogP contribution in [0, 0.1) is 11.3 Å². The molecular formula is C17H17BrN2O3S. The van der Waals surface area contributed by atoms with Crippen molar-refractivity contribution >= 4 is 33.6 Å². The molecule has 1 aliphatic rings. The van der Waals surface area contributed by atoms with Gasteiger partial charge in [-0.05, 0) is 40.5 Å². The second kappa shape index (κ2) is 7.77. The van der Waals surface area contributed by atoms with Crippen LogP contribution in [0.5, 0.6) is 11.5 Å². The second-order valence-corrected chi connectivity index (χ2v) is 7.30. The van der Waals surface area contributed by atoms with Gasteiger partial charge in [0.05, 0.1) is 28.3 Å². The van der Waals surface area contributed by atoms with Crippen LogP contribution < -0.4 is 10.1 Å². The largest absolute Gasteiger partial charge is 0.503 e. The van der Waals surface area contributed by atoms with E-state index in [4.69, 9.17) is 4.74 Å². The summed E-state index contributed by atoms with van der Waals surface area (Å²) in [6.07, 6.45) is 0.167. The number of phenolic OH excluding ortho intramolecular Hbond substituents is 1. The topological polar surface area (TPSA) is 82.3 Å². The third-order valence-electron chi connectivity index (χ3n) is 3.49. The van der Waals surface area contributed by atoms with Gasteiger partial charge >= 0.3 is 0 Å². The molecule has 0 radical (unpaired) electrons. The summed E-state index contributed by atoms with van der Waals surface area (Å²) in [4.78, 5) is 12.1. The Labute approximate surface area is 153 Å². The molecule has 0 bridgehead atoms. The maximum absolute atomic E-state index is 12.1. The highest BCUT2D eigenvalue weighted by Crippen LogP contribution is 2.42.